The van der Waals surface area contributed by atoms with Gasteiger partial charge in [0.15, 0.2) is 5.69 Å². The third kappa shape index (κ3) is 2.95. The summed E-state index contributed by atoms with van der Waals surface area (Å²) in [6.07, 6.45) is 3.15. The lowest BCUT2D eigenvalue weighted by atomic mass is 9.49. The summed E-state index contributed by atoms with van der Waals surface area (Å²) in [5.41, 5.74) is -0.741. The molecular weight excluding hydrogens is 393 g/mol. The SMILES string of the molecule is Cc1c(Cl)c(C(F)(F)F)nn1CCc1nnc(C23CC4CC(CC(C4)C2)C3)o1. The number of rotatable bonds is 4. The molecule has 9 heteroatoms. The van der Waals surface area contributed by atoms with Crippen molar-refractivity contribution in [2.75, 3.05) is 0 Å². The summed E-state index contributed by atoms with van der Waals surface area (Å²) in [4.78, 5) is 0. The Balaban J connectivity index is 1.32. The molecule has 4 saturated carbocycles. The second-order valence-electron chi connectivity index (χ2n) is 8.92. The largest absolute Gasteiger partial charge is 0.436 e. The van der Waals surface area contributed by atoms with Gasteiger partial charge in [0.1, 0.15) is 0 Å². The summed E-state index contributed by atoms with van der Waals surface area (Å²) in [6, 6.07) is 0. The number of aryl methyl sites for hydroxylation is 2. The molecule has 4 aliphatic carbocycles. The molecule has 5 nitrogen and oxygen atoms in total. The molecule has 4 fully saturated rings. The summed E-state index contributed by atoms with van der Waals surface area (Å²) < 4.78 is 46.2. The van der Waals surface area contributed by atoms with E-state index in [1.54, 1.807) is 0 Å². The van der Waals surface area contributed by atoms with Gasteiger partial charge >= 0.3 is 6.18 Å². The Bertz CT molecular complexity index is 868. The van der Waals surface area contributed by atoms with Crippen molar-refractivity contribution in [1.29, 1.82) is 0 Å². The van der Waals surface area contributed by atoms with E-state index in [1.807, 2.05) is 0 Å². The van der Waals surface area contributed by atoms with Crippen molar-refractivity contribution in [2.24, 2.45) is 17.8 Å². The minimum absolute atomic E-state index is 0.0222. The van der Waals surface area contributed by atoms with E-state index >= 15 is 0 Å². The fourth-order valence-electron chi connectivity index (χ4n) is 6.07. The molecule has 0 aliphatic heterocycles. The predicted molar refractivity (Wildman–Crippen MR) is 94.8 cm³/mol. The summed E-state index contributed by atoms with van der Waals surface area (Å²) in [7, 11) is 0. The first kappa shape index (κ1) is 18.5. The van der Waals surface area contributed by atoms with Crippen LogP contribution in [-0.2, 0) is 24.6 Å². The normalized spacial score (nSPS) is 31.7. The van der Waals surface area contributed by atoms with Crippen LogP contribution in [0.4, 0.5) is 13.2 Å². The maximum Gasteiger partial charge on any atom is 0.436 e. The van der Waals surface area contributed by atoms with E-state index in [-0.39, 0.29) is 22.7 Å². The highest BCUT2D eigenvalue weighted by Gasteiger charge is 2.54. The van der Waals surface area contributed by atoms with Crippen LogP contribution in [0.5, 0.6) is 0 Å². The van der Waals surface area contributed by atoms with Gasteiger partial charge < -0.3 is 4.42 Å². The lowest BCUT2D eigenvalue weighted by molar-refractivity contribution is -0.141. The zero-order valence-electron chi connectivity index (χ0n) is 15.6. The van der Waals surface area contributed by atoms with Crippen molar-refractivity contribution >= 4 is 11.6 Å². The van der Waals surface area contributed by atoms with E-state index in [0.717, 1.165) is 42.9 Å². The van der Waals surface area contributed by atoms with Gasteiger partial charge in [-0.3, -0.25) is 4.68 Å². The van der Waals surface area contributed by atoms with E-state index in [9.17, 15) is 13.2 Å². The van der Waals surface area contributed by atoms with Crippen LogP contribution in [0.15, 0.2) is 4.42 Å². The molecule has 2 aromatic heterocycles. The predicted octanol–water partition coefficient (Wildman–Crippen LogP) is 4.96. The Hall–Kier alpha value is -1.57. The van der Waals surface area contributed by atoms with Gasteiger partial charge in [0.05, 0.1) is 10.7 Å². The van der Waals surface area contributed by atoms with Gasteiger partial charge in [-0.1, -0.05) is 11.6 Å². The third-order valence-electron chi connectivity index (χ3n) is 6.90. The quantitative estimate of drug-likeness (QED) is 0.709. The van der Waals surface area contributed by atoms with Crippen molar-refractivity contribution in [3.8, 4) is 0 Å². The van der Waals surface area contributed by atoms with Gasteiger partial charge in [-0.25, -0.2) is 0 Å². The van der Waals surface area contributed by atoms with E-state index in [4.69, 9.17) is 16.0 Å². The molecule has 0 N–H and O–H groups in total. The number of alkyl halides is 3. The molecule has 0 unspecified atom stereocenters. The Morgan fingerprint density at radius 1 is 1.11 bits per heavy atom. The molecule has 152 valence electrons. The summed E-state index contributed by atoms with van der Waals surface area (Å²) in [5, 5.41) is 11.8. The molecule has 0 atom stereocenters. The summed E-state index contributed by atoms with van der Waals surface area (Å²) in [6.45, 7) is 1.74. The topological polar surface area (TPSA) is 56.7 Å². The second-order valence-corrected chi connectivity index (χ2v) is 9.30. The van der Waals surface area contributed by atoms with Crippen LogP contribution < -0.4 is 0 Å². The van der Waals surface area contributed by atoms with Crippen molar-refractivity contribution < 1.29 is 17.6 Å². The average Bonchev–Trinajstić information content (AvgIpc) is 3.18. The molecular formula is C19H22ClF3N4O. The van der Waals surface area contributed by atoms with Crippen molar-refractivity contribution in [1.82, 2.24) is 20.0 Å². The van der Waals surface area contributed by atoms with Gasteiger partial charge in [-0.05, 0) is 63.2 Å². The van der Waals surface area contributed by atoms with Crippen molar-refractivity contribution in [2.45, 2.75) is 70.0 Å². The molecule has 0 spiro atoms. The first-order chi connectivity index (χ1) is 13.2. The van der Waals surface area contributed by atoms with Crippen LogP contribution >= 0.6 is 11.6 Å². The van der Waals surface area contributed by atoms with Crippen LogP contribution in [0.1, 0.15) is 61.7 Å². The number of aromatic nitrogens is 4. The molecule has 2 heterocycles. The van der Waals surface area contributed by atoms with Crippen LogP contribution in [0, 0.1) is 24.7 Å². The second kappa shape index (κ2) is 6.21. The third-order valence-corrected chi connectivity index (χ3v) is 7.35. The summed E-state index contributed by atoms with van der Waals surface area (Å²) >= 11 is 5.81. The number of hydrogen-bond donors (Lipinski definition) is 0. The fraction of sp³-hybridized carbons (Fsp3) is 0.737. The van der Waals surface area contributed by atoms with Crippen LogP contribution in [-0.4, -0.2) is 20.0 Å². The van der Waals surface area contributed by atoms with Gasteiger partial charge in [0.25, 0.3) is 0 Å². The van der Waals surface area contributed by atoms with Crippen molar-refractivity contribution in [3.05, 3.63) is 28.2 Å². The molecule has 4 bridgehead atoms. The molecule has 4 aliphatic rings. The lowest BCUT2D eigenvalue weighted by Gasteiger charge is -2.55. The lowest BCUT2D eigenvalue weighted by Crippen LogP contribution is -2.48. The highest BCUT2D eigenvalue weighted by Crippen LogP contribution is 2.60. The van der Waals surface area contributed by atoms with Gasteiger partial charge in [-0.15, -0.1) is 10.2 Å². The molecule has 0 saturated heterocycles. The number of hydrogen-bond acceptors (Lipinski definition) is 4. The van der Waals surface area contributed by atoms with E-state index < -0.39 is 11.9 Å². The standard InChI is InChI=1S/C19H22ClF3N4O/c1-10-15(20)16(19(21,22)23)26-27(10)3-2-14-24-25-17(28-14)18-7-11-4-12(8-18)6-13(5-11)9-18/h11-13H,2-9H2,1H3. The Morgan fingerprint density at radius 2 is 1.71 bits per heavy atom. The summed E-state index contributed by atoms with van der Waals surface area (Å²) in [5.74, 6) is 3.50. The van der Waals surface area contributed by atoms with Crippen LogP contribution in [0.3, 0.4) is 0 Å². The molecule has 6 rings (SSSR count). The molecule has 28 heavy (non-hydrogen) atoms. The Morgan fingerprint density at radius 3 is 2.25 bits per heavy atom. The van der Waals surface area contributed by atoms with Gasteiger partial charge in [0.2, 0.25) is 11.8 Å². The zero-order chi connectivity index (χ0) is 19.7. The first-order valence-electron chi connectivity index (χ1n) is 9.86. The average molecular weight is 415 g/mol. The van der Waals surface area contributed by atoms with E-state index in [0.29, 0.717) is 12.3 Å². The molecule has 0 aromatic carbocycles. The molecule has 2 aromatic rings. The fourth-order valence-corrected chi connectivity index (χ4v) is 6.31. The number of halogens is 4. The van der Waals surface area contributed by atoms with Gasteiger partial charge in [-0.2, -0.15) is 18.3 Å². The van der Waals surface area contributed by atoms with E-state index in [1.165, 1.54) is 30.9 Å². The molecule has 0 radical (unpaired) electrons. The highest BCUT2D eigenvalue weighted by atomic mass is 35.5. The monoisotopic (exact) mass is 414 g/mol. The maximum atomic E-state index is 13.0. The van der Waals surface area contributed by atoms with Crippen LogP contribution in [0.2, 0.25) is 5.02 Å². The number of nitrogens with zero attached hydrogens (tertiary/aromatic N) is 4. The Kier molecular flexibility index (Phi) is 4.09. The molecule has 0 amide bonds. The van der Waals surface area contributed by atoms with Crippen LogP contribution in [0.25, 0.3) is 0 Å². The minimum Gasteiger partial charge on any atom is -0.425 e. The maximum absolute atomic E-state index is 13.0. The van der Waals surface area contributed by atoms with Gasteiger partial charge in [0, 0.05) is 18.4 Å². The minimum atomic E-state index is -4.57. The Labute approximate surface area is 165 Å². The highest BCUT2D eigenvalue weighted by molar-refractivity contribution is 6.31. The zero-order valence-corrected chi connectivity index (χ0v) is 16.4. The smallest absolute Gasteiger partial charge is 0.425 e. The first-order valence-corrected chi connectivity index (χ1v) is 10.2. The van der Waals surface area contributed by atoms with E-state index in [2.05, 4.69) is 15.3 Å². The van der Waals surface area contributed by atoms with Crippen molar-refractivity contribution in [3.63, 3.8) is 0 Å².